The van der Waals surface area contributed by atoms with Gasteiger partial charge in [-0.15, -0.1) is 0 Å². The molecule has 1 aliphatic rings. The number of rotatable bonds is 6. The summed E-state index contributed by atoms with van der Waals surface area (Å²) in [6.07, 6.45) is -2.68. The molecule has 1 fully saturated rings. The molecule has 2 N–H and O–H groups in total. The van der Waals surface area contributed by atoms with Crippen LogP contribution in [0.15, 0.2) is 6.33 Å². The van der Waals surface area contributed by atoms with Gasteiger partial charge in [-0.3, -0.25) is 23.7 Å². The zero-order valence-corrected chi connectivity index (χ0v) is 16.9. The highest BCUT2D eigenvalue weighted by atomic mass is 127. The maximum atomic E-state index is 11.6. The first kappa shape index (κ1) is 21.1. The molecule has 4 atom stereocenters. The van der Waals surface area contributed by atoms with Gasteiger partial charge in [-0.25, -0.2) is 4.98 Å². The van der Waals surface area contributed by atoms with E-state index in [9.17, 15) is 19.2 Å². The lowest BCUT2D eigenvalue weighted by molar-refractivity contribution is -0.166. The van der Waals surface area contributed by atoms with Gasteiger partial charge in [-0.05, 0) is 22.6 Å². The predicted octanol–water partition coefficient (Wildman–Crippen LogP) is -0.0895. The van der Waals surface area contributed by atoms with Crippen molar-refractivity contribution in [2.75, 3.05) is 6.61 Å². The summed E-state index contributed by atoms with van der Waals surface area (Å²) in [6, 6.07) is 0. The molecule has 11 nitrogen and oxygen atoms in total. The topological polar surface area (TPSA) is 149 Å². The number of halogens is 1. The monoisotopic (exact) mass is 495 g/mol. The van der Waals surface area contributed by atoms with Crippen molar-refractivity contribution in [2.45, 2.75) is 45.3 Å². The molecule has 2 rings (SSSR count). The number of nitrogens with zero attached hydrogens (tertiary/aromatic N) is 2. The van der Waals surface area contributed by atoms with E-state index in [1.165, 1.54) is 31.7 Å². The second kappa shape index (κ2) is 8.65. The Labute approximate surface area is 167 Å². The molecule has 0 aromatic carbocycles. The van der Waals surface area contributed by atoms with Gasteiger partial charge in [-0.1, -0.05) is 0 Å². The largest absolute Gasteiger partial charge is 0.463 e. The van der Waals surface area contributed by atoms with Crippen LogP contribution in [0, 0.1) is 3.70 Å². The number of hydrogen-bond donors (Lipinski definition) is 1. The molecular weight excluding hydrogens is 477 g/mol. The van der Waals surface area contributed by atoms with Crippen LogP contribution in [0.1, 0.15) is 37.5 Å². The number of hydrogen-bond acceptors (Lipinski definition) is 9. The lowest BCUT2D eigenvalue weighted by Crippen LogP contribution is -2.40. The number of esters is 3. The minimum Gasteiger partial charge on any atom is -0.463 e. The fourth-order valence-electron chi connectivity index (χ4n) is 2.61. The molecule has 0 unspecified atom stereocenters. The molecule has 1 amide bonds. The van der Waals surface area contributed by atoms with E-state index in [1.54, 1.807) is 0 Å². The first-order valence-electron chi connectivity index (χ1n) is 7.77. The van der Waals surface area contributed by atoms with E-state index in [1.807, 2.05) is 22.6 Å². The molecule has 1 saturated heterocycles. The summed E-state index contributed by atoms with van der Waals surface area (Å²) in [5.74, 6) is -2.56. The molecule has 1 aromatic heterocycles. The van der Waals surface area contributed by atoms with Gasteiger partial charge in [0, 0.05) is 20.8 Å². The molecule has 1 aliphatic heterocycles. The molecule has 0 bridgehead atoms. The van der Waals surface area contributed by atoms with Crippen LogP contribution in [0.2, 0.25) is 0 Å². The Morgan fingerprint density at radius 3 is 2.22 bits per heavy atom. The van der Waals surface area contributed by atoms with Crippen LogP contribution < -0.4 is 5.73 Å². The molecule has 12 heteroatoms. The van der Waals surface area contributed by atoms with E-state index in [0.717, 1.165) is 0 Å². The first-order valence-corrected chi connectivity index (χ1v) is 8.85. The Morgan fingerprint density at radius 1 is 1.15 bits per heavy atom. The van der Waals surface area contributed by atoms with Crippen molar-refractivity contribution in [3.05, 3.63) is 15.7 Å². The summed E-state index contributed by atoms with van der Waals surface area (Å²) in [7, 11) is 0. The number of aromatic nitrogens is 2. The van der Waals surface area contributed by atoms with E-state index in [0.29, 0.717) is 3.70 Å². The van der Waals surface area contributed by atoms with E-state index >= 15 is 0 Å². The van der Waals surface area contributed by atoms with Gasteiger partial charge in [-0.2, -0.15) is 0 Å². The van der Waals surface area contributed by atoms with Gasteiger partial charge >= 0.3 is 17.9 Å². The van der Waals surface area contributed by atoms with Crippen LogP contribution in [-0.2, 0) is 33.3 Å². The van der Waals surface area contributed by atoms with Gasteiger partial charge in [0.15, 0.2) is 24.1 Å². The van der Waals surface area contributed by atoms with Gasteiger partial charge in [0.25, 0.3) is 5.91 Å². The number of amides is 1. The van der Waals surface area contributed by atoms with E-state index in [4.69, 9.17) is 24.7 Å². The zero-order chi connectivity index (χ0) is 20.3. The average molecular weight is 495 g/mol. The second-order valence-corrected chi connectivity index (χ2v) is 6.69. The van der Waals surface area contributed by atoms with E-state index < -0.39 is 48.4 Å². The highest BCUT2D eigenvalue weighted by Gasteiger charge is 2.51. The highest BCUT2D eigenvalue weighted by molar-refractivity contribution is 14.1. The van der Waals surface area contributed by atoms with Crippen LogP contribution in [0.3, 0.4) is 0 Å². The molecule has 1 aromatic rings. The van der Waals surface area contributed by atoms with Gasteiger partial charge < -0.3 is 24.7 Å². The fraction of sp³-hybridized carbons (Fsp3) is 0.533. The first-order chi connectivity index (χ1) is 12.6. The number of carbonyl (C=O) groups is 4. The van der Waals surface area contributed by atoms with Crippen LogP contribution in [0.25, 0.3) is 0 Å². The number of nitrogens with two attached hydrogens (primary N) is 1. The van der Waals surface area contributed by atoms with Crippen molar-refractivity contribution in [1.82, 2.24) is 9.55 Å². The normalized spacial score (nSPS) is 24.3. The van der Waals surface area contributed by atoms with Crippen molar-refractivity contribution in [1.29, 1.82) is 0 Å². The lowest BCUT2D eigenvalue weighted by atomic mass is 10.1. The molecule has 0 spiro atoms. The fourth-order valence-corrected chi connectivity index (χ4v) is 3.41. The minimum absolute atomic E-state index is 0.00764. The van der Waals surface area contributed by atoms with Crippen molar-refractivity contribution in [3.63, 3.8) is 0 Å². The zero-order valence-electron chi connectivity index (χ0n) is 14.7. The third kappa shape index (κ3) is 4.94. The summed E-state index contributed by atoms with van der Waals surface area (Å²) >= 11 is 1.84. The third-order valence-corrected chi connectivity index (χ3v) is 4.65. The molecule has 0 radical (unpaired) electrons. The van der Waals surface area contributed by atoms with Gasteiger partial charge in [0.1, 0.15) is 16.4 Å². The van der Waals surface area contributed by atoms with Crippen molar-refractivity contribution in [2.24, 2.45) is 5.73 Å². The van der Waals surface area contributed by atoms with Gasteiger partial charge in [0.05, 0.1) is 6.33 Å². The lowest BCUT2D eigenvalue weighted by Gasteiger charge is -2.24. The Hall–Kier alpha value is -2.22. The maximum absolute atomic E-state index is 11.6. The minimum atomic E-state index is -1.06. The van der Waals surface area contributed by atoms with Crippen LogP contribution >= 0.6 is 22.6 Å². The molecule has 27 heavy (non-hydrogen) atoms. The highest BCUT2D eigenvalue weighted by Crippen LogP contribution is 2.35. The number of primary amides is 1. The van der Waals surface area contributed by atoms with Gasteiger partial charge in [0.2, 0.25) is 0 Å². The Balaban J connectivity index is 2.41. The number of ether oxygens (including phenoxy) is 4. The van der Waals surface area contributed by atoms with Crippen LogP contribution in [-0.4, -0.2) is 58.3 Å². The van der Waals surface area contributed by atoms with E-state index in [2.05, 4.69) is 4.98 Å². The summed E-state index contributed by atoms with van der Waals surface area (Å²) in [5, 5.41) is 0. The summed E-state index contributed by atoms with van der Waals surface area (Å²) < 4.78 is 23.1. The number of imidazole rings is 1. The Morgan fingerprint density at radius 2 is 1.74 bits per heavy atom. The molecule has 0 aliphatic carbocycles. The Kier molecular flexibility index (Phi) is 6.75. The van der Waals surface area contributed by atoms with Crippen molar-refractivity contribution in [3.8, 4) is 0 Å². The standard InChI is InChI=1S/C15H18IN3O8/c1-6(20)24-4-9-11(25-7(2)21)12(26-8(3)22)15(27-9)19-5-18-10(13(19)16)14(17)23/h5,9,11-12,15H,4H2,1-3H3,(H2,17,23)/t9-,11-,12-,15-/m1/s1. The SMILES string of the molecule is CC(=O)OC[C@H]1O[C@@H](n2cnc(C(N)=O)c2I)[C@H](OC(C)=O)[C@@H]1OC(C)=O. The average Bonchev–Trinajstić information content (AvgIpc) is 3.06. The third-order valence-electron chi connectivity index (χ3n) is 3.58. The van der Waals surface area contributed by atoms with Crippen molar-refractivity contribution >= 4 is 46.4 Å². The summed E-state index contributed by atoms with van der Waals surface area (Å²) in [4.78, 5) is 49.6. The van der Waals surface area contributed by atoms with Crippen molar-refractivity contribution < 1.29 is 38.1 Å². The Bertz CT molecular complexity index is 764. The van der Waals surface area contributed by atoms with Crippen LogP contribution in [0.4, 0.5) is 0 Å². The van der Waals surface area contributed by atoms with Crippen LogP contribution in [0.5, 0.6) is 0 Å². The molecule has 148 valence electrons. The summed E-state index contributed by atoms with van der Waals surface area (Å²) in [6.45, 7) is 3.37. The van der Waals surface area contributed by atoms with E-state index in [-0.39, 0.29) is 12.3 Å². The summed E-state index contributed by atoms with van der Waals surface area (Å²) in [5.41, 5.74) is 5.28. The second-order valence-electron chi connectivity index (χ2n) is 5.67. The maximum Gasteiger partial charge on any atom is 0.303 e. The molecule has 2 heterocycles. The quantitative estimate of drug-likeness (QED) is 0.325. The number of carbonyl (C=O) groups excluding carboxylic acids is 4. The smallest absolute Gasteiger partial charge is 0.303 e. The predicted molar refractivity (Wildman–Crippen MR) is 95.1 cm³/mol. The molecule has 0 saturated carbocycles. The molecular formula is C15H18IN3O8.